The minimum absolute atomic E-state index is 0. The standard InChI is InChI=1S/C15H22N2O3.ClH/c1-19-10-12-2-3-13(20-12)14(18)17-8-5-15(6-9-17)4-7-16-11-15;/h2-3,16H,4-11H2,1H3;1H. The summed E-state index contributed by atoms with van der Waals surface area (Å²) in [6.07, 6.45) is 3.43. The molecule has 1 amide bonds. The van der Waals surface area contributed by atoms with Crippen LogP contribution in [0.1, 0.15) is 35.6 Å². The number of carbonyl (C=O) groups excluding carboxylic acids is 1. The van der Waals surface area contributed by atoms with E-state index in [1.165, 1.54) is 6.42 Å². The molecule has 2 aliphatic heterocycles. The van der Waals surface area contributed by atoms with Gasteiger partial charge in [0.2, 0.25) is 0 Å². The highest BCUT2D eigenvalue weighted by molar-refractivity contribution is 5.91. The molecular formula is C15H23ClN2O3. The molecule has 6 heteroatoms. The van der Waals surface area contributed by atoms with Gasteiger partial charge in [-0.2, -0.15) is 0 Å². The van der Waals surface area contributed by atoms with Crippen molar-refractivity contribution < 1.29 is 13.9 Å². The smallest absolute Gasteiger partial charge is 0.289 e. The van der Waals surface area contributed by atoms with Gasteiger partial charge in [-0.15, -0.1) is 12.4 Å². The molecule has 2 fully saturated rings. The molecule has 1 aromatic rings. The third-order valence-corrected chi connectivity index (χ3v) is 4.60. The van der Waals surface area contributed by atoms with Crippen LogP contribution in [0.5, 0.6) is 0 Å². The van der Waals surface area contributed by atoms with Gasteiger partial charge in [-0.25, -0.2) is 0 Å². The monoisotopic (exact) mass is 314 g/mol. The Bertz CT molecular complexity index is 473. The van der Waals surface area contributed by atoms with Crippen molar-refractivity contribution in [3.8, 4) is 0 Å². The van der Waals surface area contributed by atoms with Crippen LogP contribution in [0.4, 0.5) is 0 Å². The zero-order valence-corrected chi connectivity index (χ0v) is 13.2. The van der Waals surface area contributed by atoms with E-state index in [2.05, 4.69) is 5.32 Å². The van der Waals surface area contributed by atoms with E-state index in [-0.39, 0.29) is 18.3 Å². The summed E-state index contributed by atoms with van der Waals surface area (Å²) in [6.45, 7) is 4.30. The summed E-state index contributed by atoms with van der Waals surface area (Å²) in [5.41, 5.74) is 0.432. The maximum absolute atomic E-state index is 12.4. The van der Waals surface area contributed by atoms with Crippen molar-refractivity contribution in [2.75, 3.05) is 33.3 Å². The lowest BCUT2D eigenvalue weighted by Gasteiger charge is -2.38. The molecule has 3 heterocycles. The van der Waals surface area contributed by atoms with Gasteiger partial charge in [0.25, 0.3) is 5.91 Å². The molecule has 2 aliphatic rings. The van der Waals surface area contributed by atoms with Crippen LogP contribution < -0.4 is 5.32 Å². The Balaban J connectivity index is 0.00000161. The fraction of sp³-hybridized carbons (Fsp3) is 0.667. The Morgan fingerprint density at radius 3 is 2.76 bits per heavy atom. The van der Waals surface area contributed by atoms with Gasteiger partial charge >= 0.3 is 0 Å². The summed E-state index contributed by atoms with van der Waals surface area (Å²) in [7, 11) is 1.61. The maximum Gasteiger partial charge on any atom is 0.289 e. The highest BCUT2D eigenvalue weighted by Crippen LogP contribution is 2.37. The van der Waals surface area contributed by atoms with Crippen molar-refractivity contribution in [1.82, 2.24) is 10.2 Å². The predicted octanol–water partition coefficient (Wildman–Crippen LogP) is 2.06. The number of amides is 1. The van der Waals surface area contributed by atoms with E-state index in [0.29, 0.717) is 23.5 Å². The van der Waals surface area contributed by atoms with Crippen LogP contribution >= 0.6 is 12.4 Å². The molecule has 2 saturated heterocycles. The van der Waals surface area contributed by atoms with Gasteiger partial charge in [0, 0.05) is 26.7 Å². The molecule has 0 radical (unpaired) electrons. The molecule has 1 aromatic heterocycles. The molecule has 0 atom stereocenters. The number of hydrogen-bond acceptors (Lipinski definition) is 4. The minimum atomic E-state index is 0. The van der Waals surface area contributed by atoms with E-state index in [4.69, 9.17) is 9.15 Å². The van der Waals surface area contributed by atoms with E-state index in [9.17, 15) is 4.79 Å². The van der Waals surface area contributed by atoms with Crippen LogP contribution in [0, 0.1) is 5.41 Å². The lowest BCUT2D eigenvalue weighted by molar-refractivity contribution is 0.0571. The molecule has 0 bridgehead atoms. The third-order valence-electron chi connectivity index (χ3n) is 4.60. The zero-order valence-electron chi connectivity index (χ0n) is 12.4. The Morgan fingerprint density at radius 1 is 1.38 bits per heavy atom. The van der Waals surface area contributed by atoms with Gasteiger partial charge in [-0.05, 0) is 43.4 Å². The summed E-state index contributed by atoms with van der Waals surface area (Å²) >= 11 is 0. The first-order valence-electron chi connectivity index (χ1n) is 7.30. The fourth-order valence-electron chi connectivity index (χ4n) is 3.27. The average Bonchev–Trinajstić information content (AvgIpc) is 3.10. The number of carbonyl (C=O) groups is 1. The second kappa shape index (κ2) is 6.81. The van der Waals surface area contributed by atoms with E-state index in [1.54, 1.807) is 13.2 Å². The predicted molar refractivity (Wildman–Crippen MR) is 81.7 cm³/mol. The zero-order chi connectivity index (χ0) is 14.0. The van der Waals surface area contributed by atoms with Gasteiger partial charge in [0.05, 0.1) is 0 Å². The first-order valence-corrected chi connectivity index (χ1v) is 7.30. The van der Waals surface area contributed by atoms with Crippen molar-refractivity contribution in [2.24, 2.45) is 5.41 Å². The van der Waals surface area contributed by atoms with Gasteiger partial charge in [0.15, 0.2) is 5.76 Å². The topological polar surface area (TPSA) is 54.7 Å². The van der Waals surface area contributed by atoms with Gasteiger partial charge in [0.1, 0.15) is 12.4 Å². The maximum atomic E-state index is 12.4. The largest absolute Gasteiger partial charge is 0.453 e. The molecule has 0 saturated carbocycles. The third kappa shape index (κ3) is 3.42. The Hall–Kier alpha value is -1.04. The Labute approximate surface area is 131 Å². The molecule has 0 unspecified atom stereocenters. The normalized spacial score (nSPS) is 20.5. The van der Waals surface area contributed by atoms with Crippen LogP contribution in [0.3, 0.4) is 0 Å². The van der Waals surface area contributed by atoms with E-state index in [0.717, 1.165) is 39.0 Å². The first kappa shape index (κ1) is 16.3. The fourth-order valence-corrected chi connectivity index (χ4v) is 3.27. The van der Waals surface area contributed by atoms with Crippen molar-refractivity contribution in [1.29, 1.82) is 0 Å². The number of furan rings is 1. The highest BCUT2D eigenvalue weighted by Gasteiger charge is 2.38. The SMILES string of the molecule is COCc1ccc(C(=O)N2CCC3(CCNC3)CC2)o1.Cl. The average molecular weight is 315 g/mol. The Kier molecular flexibility index (Phi) is 5.30. The number of hydrogen-bond donors (Lipinski definition) is 1. The second-order valence-electron chi connectivity index (χ2n) is 5.92. The number of piperidine rings is 1. The van der Waals surface area contributed by atoms with Crippen molar-refractivity contribution in [3.05, 3.63) is 23.7 Å². The van der Waals surface area contributed by atoms with Crippen LogP contribution in [0.15, 0.2) is 16.5 Å². The number of halogens is 1. The minimum Gasteiger partial charge on any atom is -0.453 e. The molecule has 0 aliphatic carbocycles. The van der Waals surface area contributed by atoms with Crippen LogP contribution in [-0.4, -0.2) is 44.1 Å². The molecule has 118 valence electrons. The summed E-state index contributed by atoms with van der Waals surface area (Å²) in [4.78, 5) is 14.3. The van der Waals surface area contributed by atoms with Gasteiger partial charge in [-0.1, -0.05) is 0 Å². The lowest BCUT2D eigenvalue weighted by Crippen LogP contribution is -2.43. The van der Waals surface area contributed by atoms with E-state index >= 15 is 0 Å². The van der Waals surface area contributed by atoms with Gasteiger partial charge < -0.3 is 19.4 Å². The highest BCUT2D eigenvalue weighted by atomic mass is 35.5. The summed E-state index contributed by atoms with van der Waals surface area (Å²) in [6, 6.07) is 3.56. The number of methoxy groups -OCH3 is 1. The second-order valence-corrected chi connectivity index (χ2v) is 5.92. The molecule has 1 spiro atoms. The molecule has 5 nitrogen and oxygen atoms in total. The van der Waals surface area contributed by atoms with Crippen molar-refractivity contribution in [2.45, 2.75) is 25.9 Å². The Morgan fingerprint density at radius 2 is 2.14 bits per heavy atom. The molecule has 21 heavy (non-hydrogen) atoms. The number of nitrogens with one attached hydrogen (secondary N) is 1. The molecule has 1 N–H and O–H groups in total. The van der Waals surface area contributed by atoms with Crippen molar-refractivity contribution in [3.63, 3.8) is 0 Å². The number of nitrogens with zero attached hydrogens (tertiary/aromatic N) is 1. The molecule has 0 aromatic carbocycles. The first-order chi connectivity index (χ1) is 9.72. The lowest BCUT2D eigenvalue weighted by atomic mass is 9.78. The molecule has 3 rings (SSSR count). The number of rotatable bonds is 3. The van der Waals surface area contributed by atoms with Crippen LogP contribution in [0.25, 0.3) is 0 Å². The van der Waals surface area contributed by atoms with E-state index < -0.39 is 0 Å². The number of likely N-dealkylation sites (tertiary alicyclic amines) is 1. The summed E-state index contributed by atoms with van der Waals surface area (Å²) in [5.74, 6) is 1.13. The van der Waals surface area contributed by atoms with E-state index in [1.807, 2.05) is 11.0 Å². The van der Waals surface area contributed by atoms with Crippen LogP contribution in [0.2, 0.25) is 0 Å². The number of ether oxygens (including phenoxy) is 1. The quantitative estimate of drug-likeness (QED) is 0.928. The summed E-state index contributed by atoms with van der Waals surface area (Å²) in [5, 5.41) is 3.44. The van der Waals surface area contributed by atoms with Crippen LogP contribution in [-0.2, 0) is 11.3 Å². The van der Waals surface area contributed by atoms with Crippen molar-refractivity contribution >= 4 is 18.3 Å². The van der Waals surface area contributed by atoms with Gasteiger partial charge in [-0.3, -0.25) is 4.79 Å². The summed E-state index contributed by atoms with van der Waals surface area (Å²) < 4.78 is 10.5. The molecular weight excluding hydrogens is 292 g/mol.